The standard InChI is InChI=1S/C14H12N2OS/c1-16(2)9-11(8-15)14(17)13-7-10-5-3-4-6-12(10)18-13/h3-7,9H,1-2H3. The zero-order valence-corrected chi connectivity index (χ0v) is 11.0. The van der Waals surface area contributed by atoms with Crippen molar-refractivity contribution in [3.05, 3.63) is 47.0 Å². The summed E-state index contributed by atoms with van der Waals surface area (Å²) in [5, 5.41) is 10.1. The van der Waals surface area contributed by atoms with Gasteiger partial charge in [-0.25, -0.2) is 0 Å². The lowest BCUT2D eigenvalue weighted by molar-refractivity contribution is 0.104. The Hall–Kier alpha value is -2.12. The van der Waals surface area contributed by atoms with Crippen LogP contribution in [0.25, 0.3) is 10.1 Å². The van der Waals surface area contributed by atoms with Crippen molar-refractivity contribution in [3.8, 4) is 6.07 Å². The van der Waals surface area contributed by atoms with Gasteiger partial charge in [-0.15, -0.1) is 11.3 Å². The molecule has 2 aromatic rings. The highest BCUT2D eigenvalue weighted by Gasteiger charge is 2.15. The molecule has 4 heteroatoms. The van der Waals surface area contributed by atoms with Gasteiger partial charge in [-0.3, -0.25) is 4.79 Å². The Labute approximate surface area is 110 Å². The first-order valence-corrected chi connectivity index (χ1v) is 6.25. The van der Waals surface area contributed by atoms with E-state index in [0.717, 1.165) is 10.1 Å². The summed E-state index contributed by atoms with van der Waals surface area (Å²) in [5.41, 5.74) is 0.159. The average molecular weight is 256 g/mol. The number of hydrogen-bond donors (Lipinski definition) is 0. The second kappa shape index (κ2) is 5.03. The number of hydrogen-bond acceptors (Lipinski definition) is 4. The van der Waals surface area contributed by atoms with Gasteiger partial charge in [0.05, 0.1) is 4.88 Å². The predicted octanol–water partition coefficient (Wildman–Crippen LogP) is 3.05. The molecule has 0 saturated carbocycles. The highest BCUT2D eigenvalue weighted by molar-refractivity contribution is 7.21. The molecule has 0 radical (unpaired) electrons. The van der Waals surface area contributed by atoms with E-state index in [1.807, 2.05) is 36.4 Å². The third kappa shape index (κ3) is 2.41. The van der Waals surface area contributed by atoms with Gasteiger partial charge in [0.15, 0.2) is 0 Å². The van der Waals surface area contributed by atoms with Crippen molar-refractivity contribution in [1.82, 2.24) is 4.90 Å². The van der Waals surface area contributed by atoms with Gasteiger partial charge in [-0.1, -0.05) is 18.2 Å². The highest BCUT2D eigenvalue weighted by atomic mass is 32.1. The molecule has 0 atom stereocenters. The fraction of sp³-hybridized carbons (Fsp3) is 0.143. The summed E-state index contributed by atoms with van der Waals surface area (Å²) in [6.07, 6.45) is 1.55. The van der Waals surface area contributed by atoms with E-state index in [4.69, 9.17) is 5.26 Å². The Morgan fingerprint density at radius 1 is 1.39 bits per heavy atom. The minimum atomic E-state index is -0.215. The highest BCUT2D eigenvalue weighted by Crippen LogP contribution is 2.27. The van der Waals surface area contributed by atoms with Crippen LogP contribution >= 0.6 is 11.3 Å². The van der Waals surface area contributed by atoms with E-state index in [9.17, 15) is 4.79 Å². The van der Waals surface area contributed by atoms with Crippen LogP contribution in [0.3, 0.4) is 0 Å². The van der Waals surface area contributed by atoms with E-state index < -0.39 is 0 Å². The molecule has 0 N–H and O–H groups in total. The number of carbonyl (C=O) groups excluding carboxylic acids is 1. The van der Waals surface area contributed by atoms with Gasteiger partial charge in [0.1, 0.15) is 11.6 Å². The molecule has 2 rings (SSSR count). The average Bonchev–Trinajstić information content (AvgIpc) is 2.78. The zero-order chi connectivity index (χ0) is 13.1. The maximum atomic E-state index is 12.2. The minimum absolute atomic E-state index is 0.159. The smallest absolute Gasteiger partial charge is 0.214 e. The van der Waals surface area contributed by atoms with Crippen molar-refractivity contribution < 1.29 is 4.79 Å². The molecule has 0 saturated heterocycles. The number of carbonyl (C=O) groups is 1. The van der Waals surface area contributed by atoms with E-state index in [1.165, 1.54) is 11.3 Å². The van der Waals surface area contributed by atoms with Crippen molar-refractivity contribution in [2.24, 2.45) is 0 Å². The van der Waals surface area contributed by atoms with Crippen LogP contribution in [0.2, 0.25) is 0 Å². The molecule has 0 bridgehead atoms. The van der Waals surface area contributed by atoms with Crippen LogP contribution in [0.5, 0.6) is 0 Å². The summed E-state index contributed by atoms with van der Waals surface area (Å²) in [7, 11) is 3.57. The number of allylic oxidation sites excluding steroid dienone is 1. The maximum absolute atomic E-state index is 12.2. The number of nitriles is 1. The van der Waals surface area contributed by atoms with E-state index in [0.29, 0.717) is 4.88 Å². The Morgan fingerprint density at radius 3 is 2.72 bits per heavy atom. The molecule has 0 aliphatic heterocycles. The number of benzene rings is 1. The summed E-state index contributed by atoms with van der Waals surface area (Å²) >= 11 is 1.42. The number of nitrogens with zero attached hydrogens (tertiary/aromatic N) is 2. The van der Waals surface area contributed by atoms with Crippen LogP contribution in [0.15, 0.2) is 42.1 Å². The molecular weight excluding hydrogens is 244 g/mol. The Kier molecular flexibility index (Phi) is 3.45. The van der Waals surface area contributed by atoms with Crippen molar-refractivity contribution in [2.45, 2.75) is 0 Å². The number of thiophene rings is 1. The van der Waals surface area contributed by atoms with Gasteiger partial charge in [0.2, 0.25) is 5.78 Å². The van der Waals surface area contributed by atoms with Crippen LogP contribution in [-0.4, -0.2) is 24.8 Å². The van der Waals surface area contributed by atoms with Crippen molar-refractivity contribution in [3.63, 3.8) is 0 Å². The third-order valence-electron chi connectivity index (χ3n) is 2.40. The normalized spacial score (nSPS) is 11.3. The van der Waals surface area contributed by atoms with Crippen molar-refractivity contribution in [1.29, 1.82) is 5.26 Å². The SMILES string of the molecule is CN(C)C=C(C#N)C(=O)c1cc2ccccc2s1. The fourth-order valence-electron chi connectivity index (χ4n) is 1.62. The first kappa shape index (κ1) is 12.3. The molecule has 1 aromatic heterocycles. The second-order valence-corrected chi connectivity index (χ2v) is 5.18. The van der Waals surface area contributed by atoms with Gasteiger partial charge < -0.3 is 4.90 Å². The quantitative estimate of drug-likeness (QED) is 0.481. The molecule has 3 nitrogen and oxygen atoms in total. The van der Waals surface area contributed by atoms with Gasteiger partial charge >= 0.3 is 0 Å². The van der Waals surface area contributed by atoms with Crippen LogP contribution in [0.1, 0.15) is 9.67 Å². The number of Topliss-reactive ketones (excluding diaryl/α,β-unsaturated/α-hetero) is 1. The van der Waals surface area contributed by atoms with E-state index >= 15 is 0 Å². The molecule has 0 aliphatic rings. The monoisotopic (exact) mass is 256 g/mol. The molecule has 1 heterocycles. The molecular formula is C14H12N2OS. The molecule has 0 aliphatic carbocycles. The summed E-state index contributed by atoms with van der Waals surface area (Å²) in [4.78, 5) is 14.5. The van der Waals surface area contributed by atoms with Gasteiger partial charge in [-0.05, 0) is 17.5 Å². The van der Waals surface area contributed by atoms with Crippen LogP contribution in [-0.2, 0) is 0 Å². The topological polar surface area (TPSA) is 44.1 Å². The summed E-state index contributed by atoms with van der Waals surface area (Å²) in [6.45, 7) is 0. The summed E-state index contributed by atoms with van der Waals surface area (Å²) < 4.78 is 1.06. The van der Waals surface area contributed by atoms with E-state index in [1.54, 1.807) is 25.2 Å². The molecule has 0 spiro atoms. The third-order valence-corrected chi connectivity index (χ3v) is 3.52. The Bertz CT molecular complexity index is 629. The number of rotatable bonds is 3. The molecule has 90 valence electrons. The maximum Gasteiger partial charge on any atom is 0.214 e. The van der Waals surface area contributed by atoms with Gasteiger partial charge in [0.25, 0.3) is 0 Å². The molecule has 0 unspecified atom stereocenters. The van der Waals surface area contributed by atoms with Crippen LogP contribution < -0.4 is 0 Å². The minimum Gasteiger partial charge on any atom is -0.382 e. The number of ketones is 1. The lowest BCUT2D eigenvalue weighted by atomic mass is 10.1. The Morgan fingerprint density at radius 2 is 2.11 bits per heavy atom. The van der Waals surface area contributed by atoms with Gasteiger partial charge in [0, 0.05) is 25.0 Å². The molecule has 1 aromatic carbocycles. The Balaban J connectivity index is 2.42. The first-order valence-electron chi connectivity index (χ1n) is 5.43. The second-order valence-electron chi connectivity index (χ2n) is 4.10. The zero-order valence-electron chi connectivity index (χ0n) is 10.2. The lowest BCUT2D eigenvalue weighted by Gasteiger charge is -2.04. The van der Waals surface area contributed by atoms with Crippen molar-refractivity contribution >= 4 is 27.2 Å². The summed E-state index contributed by atoms with van der Waals surface area (Å²) in [5.74, 6) is -0.215. The van der Waals surface area contributed by atoms with E-state index in [2.05, 4.69) is 0 Å². The largest absolute Gasteiger partial charge is 0.382 e. The number of fused-ring (bicyclic) bond motifs is 1. The predicted molar refractivity (Wildman–Crippen MR) is 73.5 cm³/mol. The molecule has 0 amide bonds. The van der Waals surface area contributed by atoms with E-state index in [-0.39, 0.29) is 11.4 Å². The first-order chi connectivity index (χ1) is 8.61. The molecule has 18 heavy (non-hydrogen) atoms. The van der Waals surface area contributed by atoms with Crippen LogP contribution in [0.4, 0.5) is 0 Å². The summed E-state index contributed by atoms with van der Waals surface area (Å²) in [6, 6.07) is 11.6. The fourth-order valence-corrected chi connectivity index (χ4v) is 2.64. The van der Waals surface area contributed by atoms with Crippen LogP contribution in [0, 0.1) is 11.3 Å². The van der Waals surface area contributed by atoms with Crippen molar-refractivity contribution in [2.75, 3.05) is 14.1 Å². The lowest BCUT2D eigenvalue weighted by Crippen LogP contribution is -2.07. The molecule has 0 fully saturated rings. The van der Waals surface area contributed by atoms with Gasteiger partial charge in [-0.2, -0.15) is 5.26 Å².